The van der Waals surface area contributed by atoms with Crippen LogP contribution >= 0.6 is 0 Å². The maximum Gasteiger partial charge on any atom is 0.233 e. The van der Waals surface area contributed by atoms with Crippen LogP contribution in [0.3, 0.4) is 0 Å². The van der Waals surface area contributed by atoms with Crippen LogP contribution in [0.15, 0.2) is 30.3 Å². The largest absolute Gasteiger partial charge is 0.358 e. The molecule has 1 rings (SSSR count). The maximum absolute atomic E-state index is 11.1. The van der Waals surface area contributed by atoms with Crippen LogP contribution in [0.4, 0.5) is 0 Å². The summed E-state index contributed by atoms with van der Waals surface area (Å²) >= 11 is 0. The lowest BCUT2D eigenvalue weighted by Gasteiger charge is -2.15. The molecule has 0 unspecified atom stereocenters. The van der Waals surface area contributed by atoms with Gasteiger partial charge in [0.1, 0.15) is 0 Å². The van der Waals surface area contributed by atoms with Crippen molar-refractivity contribution in [2.24, 2.45) is 0 Å². The Kier molecular flexibility index (Phi) is 4.84. The van der Waals surface area contributed by atoms with Crippen LogP contribution in [0.1, 0.15) is 5.56 Å². The SMILES string of the molecule is CNC(=O)CN(C)CCc1ccccc1. The summed E-state index contributed by atoms with van der Waals surface area (Å²) in [5, 5.41) is 2.61. The summed E-state index contributed by atoms with van der Waals surface area (Å²) < 4.78 is 0. The highest BCUT2D eigenvalue weighted by Gasteiger charge is 2.03. The number of likely N-dealkylation sites (N-methyl/N-ethyl adjacent to an activating group) is 2. The Morgan fingerprint density at radius 3 is 2.60 bits per heavy atom. The maximum atomic E-state index is 11.1. The van der Waals surface area contributed by atoms with Crippen LogP contribution in [0.2, 0.25) is 0 Å². The Morgan fingerprint density at radius 1 is 1.33 bits per heavy atom. The molecule has 0 radical (unpaired) electrons. The van der Waals surface area contributed by atoms with E-state index >= 15 is 0 Å². The van der Waals surface area contributed by atoms with Gasteiger partial charge in [0.15, 0.2) is 0 Å². The Balaban J connectivity index is 2.28. The van der Waals surface area contributed by atoms with Crippen LogP contribution in [-0.4, -0.2) is 38.0 Å². The van der Waals surface area contributed by atoms with Gasteiger partial charge in [0.05, 0.1) is 6.54 Å². The van der Waals surface area contributed by atoms with E-state index < -0.39 is 0 Å². The van der Waals surface area contributed by atoms with E-state index in [1.807, 2.05) is 30.1 Å². The normalized spacial score (nSPS) is 10.3. The lowest BCUT2D eigenvalue weighted by Crippen LogP contribution is -2.34. The molecule has 0 spiro atoms. The van der Waals surface area contributed by atoms with Crippen LogP contribution in [0.5, 0.6) is 0 Å². The molecule has 1 amide bonds. The topological polar surface area (TPSA) is 32.3 Å². The van der Waals surface area contributed by atoms with Gasteiger partial charge < -0.3 is 5.32 Å². The molecule has 0 aliphatic heterocycles. The number of nitrogens with one attached hydrogen (secondary N) is 1. The molecule has 0 bridgehead atoms. The molecule has 0 fully saturated rings. The molecule has 0 heterocycles. The fraction of sp³-hybridized carbons (Fsp3) is 0.417. The number of carbonyl (C=O) groups is 1. The molecule has 1 N–H and O–H groups in total. The lowest BCUT2D eigenvalue weighted by atomic mass is 10.1. The predicted octanol–water partition coefficient (Wildman–Crippen LogP) is 0.907. The summed E-state index contributed by atoms with van der Waals surface area (Å²) in [5.41, 5.74) is 1.31. The average molecular weight is 206 g/mol. The number of carbonyl (C=O) groups excluding carboxylic acids is 1. The molecule has 0 saturated heterocycles. The van der Waals surface area contributed by atoms with Gasteiger partial charge in [0.25, 0.3) is 0 Å². The summed E-state index contributed by atoms with van der Waals surface area (Å²) in [6.07, 6.45) is 0.980. The number of benzene rings is 1. The fourth-order valence-electron chi connectivity index (χ4n) is 1.37. The first-order chi connectivity index (χ1) is 7.22. The second-order valence-electron chi connectivity index (χ2n) is 3.65. The first-order valence-electron chi connectivity index (χ1n) is 5.15. The Morgan fingerprint density at radius 2 is 2.00 bits per heavy atom. The summed E-state index contributed by atoms with van der Waals surface area (Å²) in [5.74, 6) is 0.0607. The molecule has 0 atom stereocenters. The minimum atomic E-state index is 0.0607. The molecule has 0 saturated carbocycles. The highest BCUT2D eigenvalue weighted by molar-refractivity contribution is 5.77. The number of hydrogen-bond acceptors (Lipinski definition) is 2. The molecule has 82 valence electrons. The minimum absolute atomic E-state index is 0.0607. The van der Waals surface area contributed by atoms with Crippen molar-refractivity contribution in [3.05, 3.63) is 35.9 Å². The number of hydrogen-bond donors (Lipinski definition) is 1. The van der Waals surface area contributed by atoms with Crippen LogP contribution in [0, 0.1) is 0 Å². The van der Waals surface area contributed by atoms with Crippen LogP contribution < -0.4 is 5.32 Å². The second-order valence-corrected chi connectivity index (χ2v) is 3.65. The predicted molar refractivity (Wildman–Crippen MR) is 61.7 cm³/mol. The van der Waals surface area contributed by atoms with Gasteiger partial charge in [-0.15, -0.1) is 0 Å². The van der Waals surface area contributed by atoms with E-state index in [9.17, 15) is 4.79 Å². The van der Waals surface area contributed by atoms with Crippen molar-refractivity contribution in [2.45, 2.75) is 6.42 Å². The van der Waals surface area contributed by atoms with E-state index in [4.69, 9.17) is 0 Å². The van der Waals surface area contributed by atoms with E-state index in [2.05, 4.69) is 17.4 Å². The van der Waals surface area contributed by atoms with Crippen molar-refractivity contribution in [1.29, 1.82) is 0 Å². The Labute approximate surface area is 91.1 Å². The third kappa shape index (κ3) is 4.61. The summed E-state index contributed by atoms with van der Waals surface area (Å²) in [6, 6.07) is 10.3. The smallest absolute Gasteiger partial charge is 0.233 e. The Bertz CT molecular complexity index is 298. The van der Waals surface area contributed by atoms with Gasteiger partial charge in [-0.3, -0.25) is 9.69 Å². The first-order valence-corrected chi connectivity index (χ1v) is 5.15. The molecular weight excluding hydrogens is 188 g/mol. The van der Waals surface area contributed by atoms with Crippen molar-refractivity contribution in [1.82, 2.24) is 10.2 Å². The van der Waals surface area contributed by atoms with Gasteiger partial charge in [-0.25, -0.2) is 0 Å². The van der Waals surface area contributed by atoms with Crippen molar-refractivity contribution in [3.8, 4) is 0 Å². The van der Waals surface area contributed by atoms with E-state index in [-0.39, 0.29) is 5.91 Å². The molecule has 15 heavy (non-hydrogen) atoms. The lowest BCUT2D eigenvalue weighted by molar-refractivity contribution is -0.121. The molecule has 3 nitrogen and oxygen atoms in total. The fourth-order valence-corrected chi connectivity index (χ4v) is 1.37. The quantitative estimate of drug-likeness (QED) is 0.776. The van der Waals surface area contributed by atoms with E-state index in [0.717, 1.165) is 13.0 Å². The minimum Gasteiger partial charge on any atom is -0.358 e. The summed E-state index contributed by atoms with van der Waals surface area (Å²) in [4.78, 5) is 13.1. The summed E-state index contributed by atoms with van der Waals surface area (Å²) in [7, 11) is 3.62. The molecule has 0 aliphatic carbocycles. The van der Waals surface area contributed by atoms with Gasteiger partial charge in [-0.1, -0.05) is 30.3 Å². The van der Waals surface area contributed by atoms with Crippen molar-refractivity contribution >= 4 is 5.91 Å². The standard InChI is InChI=1S/C12H18N2O/c1-13-12(15)10-14(2)9-8-11-6-4-3-5-7-11/h3-7H,8-10H2,1-2H3,(H,13,15). The van der Waals surface area contributed by atoms with Crippen molar-refractivity contribution < 1.29 is 4.79 Å². The zero-order valence-corrected chi connectivity index (χ0v) is 9.36. The van der Waals surface area contributed by atoms with E-state index in [1.165, 1.54) is 5.56 Å². The van der Waals surface area contributed by atoms with Gasteiger partial charge in [-0.05, 0) is 19.0 Å². The van der Waals surface area contributed by atoms with Crippen molar-refractivity contribution in [3.63, 3.8) is 0 Å². The zero-order chi connectivity index (χ0) is 11.1. The molecule has 1 aromatic carbocycles. The molecule has 1 aromatic rings. The van der Waals surface area contributed by atoms with Crippen LogP contribution in [-0.2, 0) is 11.2 Å². The monoisotopic (exact) mass is 206 g/mol. The first kappa shape index (κ1) is 11.7. The number of nitrogens with zero attached hydrogens (tertiary/aromatic N) is 1. The highest BCUT2D eigenvalue weighted by Crippen LogP contribution is 2.00. The third-order valence-electron chi connectivity index (χ3n) is 2.32. The van der Waals surface area contributed by atoms with Crippen LogP contribution in [0.25, 0.3) is 0 Å². The molecular formula is C12H18N2O. The van der Waals surface area contributed by atoms with Gasteiger partial charge in [0.2, 0.25) is 5.91 Å². The van der Waals surface area contributed by atoms with Gasteiger partial charge >= 0.3 is 0 Å². The second kappa shape index (κ2) is 6.19. The third-order valence-corrected chi connectivity index (χ3v) is 2.32. The van der Waals surface area contributed by atoms with Crippen molar-refractivity contribution in [2.75, 3.05) is 27.2 Å². The highest BCUT2D eigenvalue weighted by atomic mass is 16.1. The molecule has 0 aromatic heterocycles. The number of amides is 1. The zero-order valence-electron chi connectivity index (χ0n) is 9.36. The van der Waals surface area contributed by atoms with E-state index in [1.54, 1.807) is 7.05 Å². The number of rotatable bonds is 5. The molecule has 3 heteroatoms. The average Bonchev–Trinajstić information content (AvgIpc) is 2.27. The molecule has 0 aliphatic rings. The van der Waals surface area contributed by atoms with Gasteiger partial charge in [-0.2, -0.15) is 0 Å². The summed E-state index contributed by atoms with van der Waals surface area (Å²) in [6.45, 7) is 1.36. The Hall–Kier alpha value is -1.35. The van der Waals surface area contributed by atoms with E-state index in [0.29, 0.717) is 6.54 Å². The van der Waals surface area contributed by atoms with Gasteiger partial charge in [0, 0.05) is 13.6 Å².